The molecular formula is C24H44N2O. The van der Waals surface area contributed by atoms with Crippen molar-refractivity contribution in [3.05, 3.63) is 36.5 Å². The molecule has 0 fully saturated rings. The van der Waals surface area contributed by atoms with Gasteiger partial charge in [-0.1, -0.05) is 69.1 Å². The molecule has 0 rings (SSSR count). The van der Waals surface area contributed by atoms with Gasteiger partial charge in [-0.15, -0.1) is 0 Å². The van der Waals surface area contributed by atoms with Crippen molar-refractivity contribution in [3.63, 3.8) is 0 Å². The zero-order valence-corrected chi connectivity index (χ0v) is 17.8. The van der Waals surface area contributed by atoms with Crippen LogP contribution in [0.5, 0.6) is 0 Å². The first-order valence-corrected chi connectivity index (χ1v) is 11.2. The molecule has 0 aromatic heterocycles. The molecule has 27 heavy (non-hydrogen) atoms. The van der Waals surface area contributed by atoms with E-state index in [9.17, 15) is 4.79 Å². The Labute approximate surface area is 168 Å². The van der Waals surface area contributed by atoms with Gasteiger partial charge in [0.15, 0.2) is 0 Å². The van der Waals surface area contributed by atoms with E-state index < -0.39 is 0 Å². The Morgan fingerprint density at radius 3 is 1.96 bits per heavy atom. The Balaban J connectivity index is 3.33. The molecule has 0 aromatic carbocycles. The van der Waals surface area contributed by atoms with Crippen LogP contribution in [0.3, 0.4) is 0 Å². The van der Waals surface area contributed by atoms with E-state index in [1.807, 2.05) is 0 Å². The lowest BCUT2D eigenvalue weighted by atomic mass is 10.1. The summed E-state index contributed by atoms with van der Waals surface area (Å²) < 4.78 is 0. The maximum absolute atomic E-state index is 11.6. The fourth-order valence-electron chi connectivity index (χ4n) is 2.78. The molecule has 0 spiro atoms. The second kappa shape index (κ2) is 22.7. The molecule has 0 aromatic rings. The van der Waals surface area contributed by atoms with Gasteiger partial charge in [-0.3, -0.25) is 4.79 Å². The summed E-state index contributed by atoms with van der Waals surface area (Å²) >= 11 is 0. The molecule has 0 atom stereocenters. The van der Waals surface area contributed by atoms with Gasteiger partial charge in [-0.2, -0.15) is 0 Å². The first-order valence-electron chi connectivity index (χ1n) is 11.2. The minimum atomic E-state index is 0.189. The molecule has 0 aliphatic rings. The molecule has 3 N–H and O–H groups in total. The Bertz CT molecular complexity index is 399. The molecule has 3 heteroatoms. The van der Waals surface area contributed by atoms with E-state index in [2.05, 4.69) is 48.7 Å². The van der Waals surface area contributed by atoms with E-state index in [1.54, 1.807) is 0 Å². The van der Waals surface area contributed by atoms with Crippen LogP contribution in [0.15, 0.2) is 36.5 Å². The number of hydrogen-bond acceptors (Lipinski definition) is 2. The van der Waals surface area contributed by atoms with Crippen LogP contribution < -0.4 is 11.1 Å². The summed E-state index contributed by atoms with van der Waals surface area (Å²) in [5, 5.41) is 2.96. The minimum Gasteiger partial charge on any atom is -0.356 e. The number of nitrogens with one attached hydrogen (secondary N) is 1. The summed E-state index contributed by atoms with van der Waals surface area (Å²) in [5.41, 5.74) is 5.43. The zero-order chi connectivity index (χ0) is 19.8. The van der Waals surface area contributed by atoms with Crippen molar-refractivity contribution in [2.75, 3.05) is 13.1 Å². The van der Waals surface area contributed by atoms with Crippen LogP contribution in [0.2, 0.25) is 0 Å². The number of rotatable bonds is 19. The van der Waals surface area contributed by atoms with E-state index in [4.69, 9.17) is 5.73 Å². The number of nitrogens with two attached hydrogens (primary N) is 1. The van der Waals surface area contributed by atoms with Crippen molar-refractivity contribution in [1.29, 1.82) is 0 Å². The summed E-state index contributed by atoms with van der Waals surface area (Å²) in [7, 11) is 0. The Morgan fingerprint density at radius 2 is 1.33 bits per heavy atom. The van der Waals surface area contributed by atoms with Crippen molar-refractivity contribution < 1.29 is 4.79 Å². The molecule has 0 heterocycles. The number of amides is 1. The van der Waals surface area contributed by atoms with Gasteiger partial charge in [0.25, 0.3) is 0 Å². The van der Waals surface area contributed by atoms with Crippen molar-refractivity contribution >= 4 is 5.91 Å². The van der Waals surface area contributed by atoms with Gasteiger partial charge < -0.3 is 11.1 Å². The molecule has 0 aliphatic heterocycles. The summed E-state index contributed by atoms with van der Waals surface area (Å²) in [6.07, 6.45) is 29.3. The van der Waals surface area contributed by atoms with Crippen molar-refractivity contribution in [3.8, 4) is 0 Å². The van der Waals surface area contributed by atoms with Crippen LogP contribution in [0, 0.1) is 0 Å². The van der Waals surface area contributed by atoms with E-state index in [-0.39, 0.29) is 5.91 Å². The fourth-order valence-corrected chi connectivity index (χ4v) is 2.78. The van der Waals surface area contributed by atoms with E-state index in [0.717, 1.165) is 51.5 Å². The summed E-state index contributed by atoms with van der Waals surface area (Å²) in [6.45, 7) is 3.72. The molecule has 1 amide bonds. The smallest absolute Gasteiger partial charge is 0.219 e. The van der Waals surface area contributed by atoms with Crippen LogP contribution in [-0.2, 0) is 4.79 Å². The lowest BCUT2D eigenvalue weighted by Crippen LogP contribution is -2.24. The highest BCUT2D eigenvalue weighted by Crippen LogP contribution is 2.06. The molecule has 0 bridgehead atoms. The zero-order valence-electron chi connectivity index (χ0n) is 17.8. The Kier molecular flexibility index (Phi) is 21.6. The number of unbranched alkanes of at least 4 members (excludes halogenated alkanes) is 8. The summed E-state index contributed by atoms with van der Waals surface area (Å²) in [4.78, 5) is 11.6. The molecule has 0 aliphatic carbocycles. The summed E-state index contributed by atoms with van der Waals surface area (Å²) in [5.74, 6) is 0.189. The molecule has 156 valence electrons. The van der Waals surface area contributed by atoms with Crippen molar-refractivity contribution in [1.82, 2.24) is 5.32 Å². The van der Waals surface area contributed by atoms with Gasteiger partial charge in [0.1, 0.15) is 0 Å². The van der Waals surface area contributed by atoms with E-state index >= 15 is 0 Å². The van der Waals surface area contributed by atoms with Crippen molar-refractivity contribution in [2.24, 2.45) is 5.73 Å². The van der Waals surface area contributed by atoms with Crippen molar-refractivity contribution in [2.45, 2.75) is 96.8 Å². The monoisotopic (exact) mass is 376 g/mol. The third kappa shape index (κ3) is 22.6. The number of carbonyl (C=O) groups excluding carboxylic acids is 1. The first kappa shape index (κ1) is 25.6. The van der Waals surface area contributed by atoms with Gasteiger partial charge in [-0.25, -0.2) is 0 Å². The van der Waals surface area contributed by atoms with Crippen LogP contribution in [-0.4, -0.2) is 19.0 Å². The Hall–Kier alpha value is -1.35. The number of carbonyl (C=O) groups is 1. The highest BCUT2D eigenvalue weighted by molar-refractivity contribution is 5.75. The van der Waals surface area contributed by atoms with E-state index in [0.29, 0.717) is 13.0 Å². The minimum absolute atomic E-state index is 0.189. The molecule has 0 unspecified atom stereocenters. The molecule has 0 saturated carbocycles. The van der Waals surface area contributed by atoms with E-state index in [1.165, 1.54) is 38.5 Å². The summed E-state index contributed by atoms with van der Waals surface area (Å²) in [6, 6.07) is 0. The van der Waals surface area contributed by atoms with Crippen LogP contribution >= 0.6 is 0 Å². The predicted molar refractivity (Wildman–Crippen MR) is 120 cm³/mol. The highest BCUT2D eigenvalue weighted by atomic mass is 16.1. The van der Waals surface area contributed by atoms with Crippen LogP contribution in [0.1, 0.15) is 96.8 Å². The Morgan fingerprint density at radius 1 is 0.741 bits per heavy atom. The van der Waals surface area contributed by atoms with Crippen LogP contribution in [0.4, 0.5) is 0 Å². The second-order valence-electron chi connectivity index (χ2n) is 7.18. The molecular weight excluding hydrogens is 332 g/mol. The fraction of sp³-hybridized carbons (Fsp3) is 0.708. The topological polar surface area (TPSA) is 55.1 Å². The largest absolute Gasteiger partial charge is 0.356 e. The molecule has 0 saturated heterocycles. The maximum atomic E-state index is 11.6. The first-order chi connectivity index (χ1) is 13.3. The molecule has 3 nitrogen and oxygen atoms in total. The average molecular weight is 377 g/mol. The van der Waals surface area contributed by atoms with Gasteiger partial charge >= 0.3 is 0 Å². The SMILES string of the molecule is CCCCC/C=C\C/C=C\C/C=C\CCCCCCC(=O)NCCCCN. The van der Waals surface area contributed by atoms with Crippen LogP contribution in [0.25, 0.3) is 0 Å². The third-order valence-corrected chi connectivity index (χ3v) is 4.50. The second-order valence-corrected chi connectivity index (χ2v) is 7.18. The van der Waals surface area contributed by atoms with Gasteiger partial charge in [0, 0.05) is 13.0 Å². The average Bonchev–Trinajstić information content (AvgIpc) is 2.67. The molecule has 0 radical (unpaired) electrons. The predicted octanol–water partition coefficient (Wildman–Crippen LogP) is 6.21. The highest BCUT2D eigenvalue weighted by Gasteiger charge is 1.99. The standard InChI is InChI=1S/C24H44N2O/c1-2-3-4-5-6-7-8-9-10-11-12-13-14-15-16-17-18-21-24(27)26-23-20-19-22-25/h6-7,9-10,12-13H,2-5,8,11,14-23,25H2,1H3,(H,26,27)/b7-6-,10-9-,13-12-. The quantitative estimate of drug-likeness (QED) is 0.208. The van der Waals surface area contributed by atoms with Gasteiger partial charge in [0.2, 0.25) is 5.91 Å². The van der Waals surface area contributed by atoms with Gasteiger partial charge in [0.05, 0.1) is 0 Å². The van der Waals surface area contributed by atoms with Gasteiger partial charge in [-0.05, 0) is 64.3 Å². The number of hydrogen-bond donors (Lipinski definition) is 2. The number of allylic oxidation sites excluding steroid dienone is 6. The normalized spacial score (nSPS) is 11.9. The third-order valence-electron chi connectivity index (χ3n) is 4.50. The maximum Gasteiger partial charge on any atom is 0.219 e. The lowest BCUT2D eigenvalue weighted by molar-refractivity contribution is -0.121. The lowest BCUT2D eigenvalue weighted by Gasteiger charge is -2.04.